The van der Waals surface area contributed by atoms with E-state index in [0.29, 0.717) is 36.6 Å². The number of aryl methyl sites for hydroxylation is 2. The Morgan fingerprint density at radius 1 is 1.21 bits per heavy atom. The second kappa shape index (κ2) is 11.3. The van der Waals surface area contributed by atoms with Gasteiger partial charge in [-0.3, -0.25) is 18.5 Å². The Kier molecular flexibility index (Phi) is 8.41. The molecule has 0 N–H and O–H groups in total. The van der Waals surface area contributed by atoms with Crippen LogP contribution in [0.4, 0.5) is 0 Å². The van der Waals surface area contributed by atoms with Crippen LogP contribution in [0.2, 0.25) is 5.02 Å². The number of ether oxygens (including phenoxy) is 1. The van der Waals surface area contributed by atoms with E-state index in [1.165, 1.54) is 20.5 Å². The average molecular weight is 634 g/mol. The first kappa shape index (κ1) is 25.3. The number of aromatic nitrogens is 5. The van der Waals surface area contributed by atoms with Crippen LogP contribution in [-0.4, -0.2) is 30.3 Å². The van der Waals surface area contributed by atoms with Crippen molar-refractivity contribution in [1.82, 2.24) is 23.7 Å². The SMILES string of the molecule is Cc1cnc(COc2nc3c(c(=O)n(CCCOPI)c(=O)n3C)n2Cc2ccc(Cl)cc2)s1. The van der Waals surface area contributed by atoms with Crippen LogP contribution in [0.3, 0.4) is 0 Å². The highest BCUT2D eigenvalue weighted by atomic mass is 127. The van der Waals surface area contributed by atoms with Gasteiger partial charge in [0.05, 0.1) is 19.6 Å². The molecule has 0 saturated carbocycles. The van der Waals surface area contributed by atoms with Crippen LogP contribution in [0.5, 0.6) is 6.01 Å². The molecule has 1 unspecified atom stereocenters. The van der Waals surface area contributed by atoms with Crippen molar-refractivity contribution in [2.45, 2.75) is 33.0 Å². The van der Waals surface area contributed by atoms with Crippen LogP contribution >= 0.6 is 51.4 Å². The number of imidazole rings is 1. The number of hydrogen-bond acceptors (Lipinski definition) is 7. The molecule has 0 aliphatic carbocycles. The molecule has 13 heteroatoms. The molecule has 0 bridgehead atoms. The summed E-state index contributed by atoms with van der Waals surface area (Å²) in [5.41, 5.74) is 0.661. The van der Waals surface area contributed by atoms with E-state index in [2.05, 4.69) is 32.0 Å². The topological polar surface area (TPSA) is 93.2 Å². The quantitative estimate of drug-likeness (QED) is 0.147. The maximum absolute atomic E-state index is 13.5. The smallest absolute Gasteiger partial charge is 0.332 e. The Morgan fingerprint density at radius 3 is 2.65 bits per heavy atom. The van der Waals surface area contributed by atoms with Gasteiger partial charge in [-0.15, -0.1) is 11.3 Å². The van der Waals surface area contributed by atoms with Gasteiger partial charge in [0, 0.05) is 29.7 Å². The fraction of sp³-hybridized carbons (Fsp3) is 0.333. The van der Waals surface area contributed by atoms with Crippen molar-refractivity contribution in [3.8, 4) is 6.01 Å². The van der Waals surface area contributed by atoms with Crippen LogP contribution in [0, 0.1) is 6.92 Å². The zero-order valence-electron chi connectivity index (χ0n) is 18.5. The molecule has 0 aliphatic rings. The monoisotopic (exact) mass is 633 g/mol. The zero-order valence-corrected chi connectivity index (χ0v) is 23.2. The minimum Gasteiger partial charge on any atom is -0.457 e. The normalized spacial score (nSPS) is 11.8. The Labute approximate surface area is 219 Å². The molecule has 0 aliphatic heterocycles. The van der Waals surface area contributed by atoms with E-state index in [1.54, 1.807) is 29.9 Å². The van der Waals surface area contributed by atoms with Crippen molar-refractivity contribution in [1.29, 1.82) is 0 Å². The number of fused-ring (bicyclic) bond motifs is 1. The lowest BCUT2D eigenvalue weighted by molar-refractivity contribution is 0.270. The van der Waals surface area contributed by atoms with Crippen LogP contribution in [0.25, 0.3) is 11.2 Å². The van der Waals surface area contributed by atoms with Crippen LogP contribution in [0.15, 0.2) is 40.1 Å². The first-order valence-corrected chi connectivity index (χ1v) is 15.6. The fourth-order valence-electron chi connectivity index (χ4n) is 3.51. The predicted molar refractivity (Wildman–Crippen MR) is 144 cm³/mol. The summed E-state index contributed by atoms with van der Waals surface area (Å²) < 4.78 is 15.7. The highest BCUT2D eigenvalue weighted by Crippen LogP contribution is 2.23. The van der Waals surface area contributed by atoms with Gasteiger partial charge in [0.25, 0.3) is 11.6 Å². The van der Waals surface area contributed by atoms with Gasteiger partial charge in [-0.2, -0.15) is 4.98 Å². The number of halogens is 2. The zero-order chi connectivity index (χ0) is 24.2. The molecule has 0 amide bonds. The largest absolute Gasteiger partial charge is 0.457 e. The fourth-order valence-corrected chi connectivity index (χ4v) is 5.21. The Balaban J connectivity index is 1.79. The Morgan fingerprint density at radius 2 is 1.97 bits per heavy atom. The molecule has 180 valence electrons. The van der Waals surface area contributed by atoms with E-state index in [9.17, 15) is 9.59 Å². The molecular formula is C21H22ClIN5O4PS. The lowest BCUT2D eigenvalue weighted by atomic mass is 10.2. The molecule has 0 saturated heterocycles. The lowest BCUT2D eigenvalue weighted by Crippen LogP contribution is -2.40. The molecule has 1 aromatic carbocycles. The van der Waals surface area contributed by atoms with Crippen molar-refractivity contribution in [3.63, 3.8) is 0 Å². The van der Waals surface area contributed by atoms with Gasteiger partial charge in [-0.25, -0.2) is 9.78 Å². The van der Waals surface area contributed by atoms with Crippen molar-refractivity contribution in [3.05, 3.63) is 71.8 Å². The summed E-state index contributed by atoms with van der Waals surface area (Å²) in [6.45, 7) is 3.56. The first-order valence-electron chi connectivity index (χ1n) is 10.3. The van der Waals surface area contributed by atoms with Crippen LogP contribution in [-0.2, 0) is 31.3 Å². The van der Waals surface area contributed by atoms with E-state index in [4.69, 9.17) is 20.9 Å². The predicted octanol–water partition coefficient (Wildman–Crippen LogP) is 4.29. The Bertz CT molecular complexity index is 1420. The second-order valence-corrected chi connectivity index (χ2v) is 11.0. The Hall–Kier alpha value is -1.79. The van der Waals surface area contributed by atoms with Gasteiger partial charge in [-0.05, 0) is 53.1 Å². The number of benzene rings is 1. The summed E-state index contributed by atoms with van der Waals surface area (Å²) >= 11 is 9.71. The van der Waals surface area contributed by atoms with E-state index in [-0.39, 0.29) is 24.8 Å². The second-order valence-electron chi connectivity index (χ2n) is 7.51. The molecule has 0 spiro atoms. The molecule has 4 rings (SSSR count). The minimum absolute atomic E-state index is 0.207. The standard InChI is InChI=1S/C21H22ClIN5O4PS/c1-13-10-24-16(34-13)12-31-20-25-18-17(28(20)11-14-4-6-15(22)7-5-14)19(29)27(21(30)26(18)2)8-3-9-32-33-23/h4-7,10,33H,3,8-9,11-12H2,1-2H3. The maximum atomic E-state index is 13.5. The van der Waals surface area contributed by atoms with Gasteiger partial charge in [0.2, 0.25) is 0 Å². The number of rotatable bonds is 10. The van der Waals surface area contributed by atoms with Crippen LogP contribution < -0.4 is 16.0 Å². The van der Waals surface area contributed by atoms with Crippen molar-refractivity contribution in [2.24, 2.45) is 7.05 Å². The van der Waals surface area contributed by atoms with Gasteiger partial charge >= 0.3 is 5.69 Å². The van der Waals surface area contributed by atoms with Crippen molar-refractivity contribution >= 4 is 62.6 Å². The third-order valence-electron chi connectivity index (χ3n) is 5.13. The lowest BCUT2D eigenvalue weighted by Gasteiger charge is -2.11. The van der Waals surface area contributed by atoms with Gasteiger partial charge < -0.3 is 9.26 Å². The number of nitrogens with zero attached hydrogens (tertiary/aromatic N) is 5. The highest BCUT2D eigenvalue weighted by molar-refractivity contribution is 14.2. The summed E-state index contributed by atoms with van der Waals surface area (Å²) in [5, 5.41) is 1.42. The summed E-state index contributed by atoms with van der Waals surface area (Å²) in [4.78, 5) is 36.4. The van der Waals surface area contributed by atoms with Crippen molar-refractivity contribution in [2.75, 3.05) is 6.61 Å². The third-order valence-corrected chi connectivity index (χ3v) is 7.51. The van der Waals surface area contributed by atoms with Gasteiger partial charge in [-0.1, -0.05) is 23.7 Å². The molecule has 0 radical (unpaired) electrons. The summed E-state index contributed by atoms with van der Waals surface area (Å²) in [6, 6.07) is 7.58. The molecule has 9 nitrogen and oxygen atoms in total. The third kappa shape index (κ3) is 5.54. The average Bonchev–Trinajstić information content (AvgIpc) is 3.40. The number of thiazole rings is 1. The minimum atomic E-state index is -0.423. The first-order chi connectivity index (χ1) is 16.4. The molecular weight excluding hydrogens is 612 g/mol. The molecule has 3 heterocycles. The van der Waals surface area contributed by atoms with E-state index >= 15 is 0 Å². The molecule has 0 fully saturated rings. The molecule has 3 aromatic heterocycles. The highest BCUT2D eigenvalue weighted by Gasteiger charge is 2.22. The number of hydrogen-bond donors (Lipinski definition) is 0. The van der Waals surface area contributed by atoms with Gasteiger partial charge in [0.15, 0.2) is 11.2 Å². The van der Waals surface area contributed by atoms with Gasteiger partial charge in [0.1, 0.15) is 11.6 Å². The van der Waals surface area contributed by atoms with Crippen LogP contribution in [0.1, 0.15) is 21.9 Å². The van der Waals surface area contributed by atoms with E-state index in [1.807, 2.05) is 19.1 Å². The van der Waals surface area contributed by atoms with E-state index in [0.717, 1.165) is 15.4 Å². The van der Waals surface area contributed by atoms with E-state index < -0.39 is 11.2 Å². The molecule has 4 aromatic rings. The molecule has 34 heavy (non-hydrogen) atoms. The summed E-state index contributed by atoms with van der Waals surface area (Å²) in [6.07, 6.45) is 2.33. The summed E-state index contributed by atoms with van der Waals surface area (Å²) in [7, 11) is 1.61. The summed E-state index contributed by atoms with van der Waals surface area (Å²) in [5.74, 6) is 0. The molecule has 1 atom stereocenters. The maximum Gasteiger partial charge on any atom is 0.332 e. The van der Waals surface area contributed by atoms with Crippen molar-refractivity contribution < 1.29 is 9.26 Å².